The number of aliphatic hydroxyl groups excluding tert-OH is 1. The third kappa shape index (κ3) is 3.81. The maximum atomic E-state index is 11.9. The van der Waals surface area contributed by atoms with E-state index in [1.165, 1.54) is 6.26 Å². The lowest BCUT2D eigenvalue weighted by Gasteiger charge is -2.16. The van der Waals surface area contributed by atoms with Crippen molar-refractivity contribution in [3.8, 4) is 0 Å². The van der Waals surface area contributed by atoms with E-state index in [1.54, 1.807) is 12.1 Å². The van der Waals surface area contributed by atoms with Gasteiger partial charge in [-0.3, -0.25) is 4.79 Å². The normalized spacial score (nSPS) is 24.8. The highest BCUT2D eigenvalue weighted by Crippen LogP contribution is 2.34. The molecule has 5 heteroatoms. The SMILES string of the molecule is CCOC1CC1C(=O)NC(C)CC(O)c1ccco1. The second-order valence-electron chi connectivity index (χ2n) is 5.01. The molecule has 4 unspecified atom stereocenters. The first-order valence-electron chi connectivity index (χ1n) is 6.75. The largest absolute Gasteiger partial charge is 0.467 e. The summed E-state index contributed by atoms with van der Waals surface area (Å²) in [5.41, 5.74) is 0. The molecule has 5 nitrogen and oxygen atoms in total. The Balaban J connectivity index is 1.72. The molecule has 0 radical (unpaired) electrons. The van der Waals surface area contributed by atoms with Gasteiger partial charge in [-0.25, -0.2) is 0 Å². The Hall–Kier alpha value is -1.33. The number of carbonyl (C=O) groups is 1. The number of hydrogen-bond donors (Lipinski definition) is 2. The zero-order chi connectivity index (χ0) is 13.8. The van der Waals surface area contributed by atoms with Gasteiger partial charge in [0, 0.05) is 19.1 Å². The standard InChI is InChI=1S/C14H21NO4/c1-3-18-13-8-10(13)14(17)15-9(2)7-11(16)12-5-4-6-19-12/h4-6,9-11,13,16H,3,7-8H2,1-2H3,(H,15,17). The van der Waals surface area contributed by atoms with Gasteiger partial charge in [0.15, 0.2) is 0 Å². The molecule has 0 aliphatic heterocycles. The minimum Gasteiger partial charge on any atom is -0.467 e. The lowest BCUT2D eigenvalue weighted by atomic mass is 10.1. The molecule has 2 N–H and O–H groups in total. The van der Waals surface area contributed by atoms with Crippen molar-refractivity contribution in [3.05, 3.63) is 24.2 Å². The fraction of sp³-hybridized carbons (Fsp3) is 0.643. The summed E-state index contributed by atoms with van der Waals surface area (Å²) in [5.74, 6) is 0.514. The number of rotatable bonds is 7. The predicted octanol–water partition coefficient (Wildman–Crippen LogP) is 1.63. The third-order valence-corrected chi connectivity index (χ3v) is 3.29. The summed E-state index contributed by atoms with van der Waals surface area (Å²) >= 11 is 0. The van der Waals surface area contributed by atoms with Crippen LogP contribution >= 0.6 is 0 Å². The summed E-state index contributed by atoms with van der Waals surface area (Å²) in [6.45, 7) is 4.44. The predicted molar refractivity (Wildman–Crippen MR) is 69.4 cm³/mol. The second kappa shape index (κ2) is 6.21. The highest BCUT2D eigenvalue weighted by molar-refractivity contribution is 5.82. The van der Waals surface area contributed by atoms with Gasteiger partial charge in [-0.2, -0.15) is 0 Å². The van der Waals surface area contributed by atoms with Crippen LogP contribution in [0.2, 0.25) is 0 Å². The van der Waals surface area contributed by atoms with E-state index in [0.29, 0.717) is 18.8 Å². The molecule has 106 valence electrons. The molecule has 1 aliphatic carbocycles. The van der Waals surface area contributed by atoms with E-state index >= 15 is 0 Å². The Kier molecular flexibility index (Phi) is 4.61. The monoisotopic (exact) mass is 267 g/mol. The summed E-state index contributed by atoms with van der Waals surface area (Å²) in [6, 6.07) is 3.36. The molecule has 1 fully saturated rings. The molecule has 4 atom stereocenters. The van der Waals surface area contributed by atoms with E-state index in [9.17, 15) is 9.90 Å². The molecule has 1 amide bonds. The van der Waals surface area contributed by atoms with E-state index in [0.717, 1.165) is 6.42 Å². The summed E-state index contributed by atoms with van der Waals surface area (Å²) in [4.78, 5) is 11.9. The van der Waals surface area contributed by atoms with Crippen molar-refractivity contribution in [3.63, 3.8) is 0 Å². The topological polar surface area (TPSA) is 71.7 Å². The van der Waals surface area contributed by atoms with Gasteiger partial charge in [0.25, 0.3) is 0 Å². The van der Waals surface area contributed by atoms with Crippen molar-refractivity contribution >= 4 is 5.91 Å². The average Bonchev–Trinajstić information content (AvgIpc) is 2.91. The van der Waals surface area contributed by atoms with Gasteiger partial charge in [-0.05, 0) is 32.4 Å². The Morgan fingerprint density at radius 2 is 2.47 bits per heavy atom. The molecule has 1 aromatic rings. The Morgan fingerprint density at radius 1 is 1.68 bits per heavy atom. The van der Waals surface area contributed by atoms with Crippen LogP contribution in [-0.4, -0.2) is 29.8 Å². The molecule has 0 spiro atoms. The van der Waals surface area contributed by atoms with E-state index in [-0.39, 0.29) is 24.0 Å². The van der Waals surface area contributed by atoms with E-state index < -0.39 is 6.10 Å². The number of carbonyl (C=O) groups excluding carboxylic acids is 1. The molecule has 1 saturated carbocycles. The van der Waals surface area contributed by atoms with Crippen LogP contribution in [0.1, 0.15) is 38.6 Å². The number of amides is 1. The molecule has 0 aromatic carbocycles. The molecule has 2 rings (SSSR count). The van der Waals surface area contributed by atoms with Crippen LogP contribution in [0.25, 0.3) is 0 Å². The quantitative estimate of drug-likeness (QED) is 0.787. The lowest BCUT2D eigenvalue weighted by molar-refractivity contribution is -0.124. The van der Waals surface area contributed by atoms with Crippen LogP contribution in [0.5, 0.6) is 0 Å². The van der Waals surface area contributed by atoms with Crippen LogP contribution in [0.4, 0.5) is 0 Å². The summed E-state index contributed by atoms with van der Waals surface area (Å²) in [6.07, 6.45) is 2.15. The van der Waals surface area contributed by atoms with Gasteiger partial charge in [-0.1, -0.05) is 0 Å². The number of furan rings is 1. The second-order valence-corrected chi connectivity index (χ2v) is 5.01. The number of nitrogens with one attached hydrogen (secondary N) is 1. The molecular weight excluding hydrogens is 246 g/mol. The van der Waals surface area contributed by atoms with Crippen molar-refractivity contribution in [2.45, 2.75) is 44.9 Å². The number of aliphatic hydroxyl groups is 1. The van der Waals surface area contributed by atoms with Gasteiger partial charge in [-0.15, -0.1) is 0 Å². The number of ether oxygens (including phenoxy) is 1. The number of hydrogen-bond acceptors (Lipinski definition) is 4. The van der Waals surface area contributed by atoms with Crippen LogP contribution in [-0.2, 0) is 9.53 Å². The van der Waals surface area contributed by atoms with Crippen LogP contribution in [0.15, 0.2) is 22.8 Å². The maximum Gasteiger partial charge on any atom is 0.226 e. The van der Waals surface area contributed by atoms with Crippen molar-refractivity contribution in [1.29, 1.82) is 0 Å². The first kappa shape index (κ1) is 14.1. The third-order valence-electron chi connectivity index (χ3n) is 3.29. The lowest BCUT2D eigenvalue weighted by Crippen LogP contribution is -2.35. The highest BCUT2D eigenvalue weighted by atomic mass is 16.5. The molecule has 0 saturated heterocycles. The van der Waals surface area contributed by atoms with Gasteiger partial charge in [0.1, 0.15) is 11.9 Å². The molecule has 1 aromatic heterocycles. The zero-order valence-electron chi connectivity index (χ0n) is 11.3. The maximum absolute atomic E-state index is 11.9. The molecule has 1 aliphatic rings. The highest BCUT2D eigenvalue weighted by Gasteiger charge is 2.44. The van der Waals surface area contributed by atoms with Crippen LogP contribution in [0.3, 0.4) is 0 Å². The van der Waals surface area contributed by atoms with Crippen molar-refractivity contribution in [2.24, 2.45) is 5.92 Å². The van der Waals surface area contributed by atoms with Crippen molar-refractivity contribution in [1.82, 2.24) is 5.32 Å². The molecule has 0 bridgehead atoms. The fourth-order valence-corrected chi connectivity index (χ4v) is 2.19. The molecular formula is C14H21NO4. The Labute approximate surface area is 112 Å². The van der Waals surface area contributed by atoms with Crippen LogP contribution in [0, 0.1) is 5.92 Å². The van der Waals surface area contributed by atoms with E-state index in [4.69, 9.17) is 9.15 Å². The summed E-state index contributed by atoms with van der Waals surface area (Å²) < 4.78 is 10.5. The van der Waals surface area contributed by atoms with E-state index in [1.807, 2.05) is 13.8 Å². The summed E-state index contributed by atoms with van der Waals surface area (Å²) in [7, 11) is 0. The smallest absolute Gasteiger partial charge is 0.226 e. The minimum atomic E-state index is -0.688. The first-order chi connectivity index (χ1) is 9.11. The average molecular weight is 267 g/mol. The van der Waals surface area contributed by atoms with Crippen molar-refractivity contribution in [2.75, 3.05) is 6.61 Å². The Morgan fingerprint density at radius 3 is 3.11 bits per heavy atom. The van der Waals surface area contributed by atoms with Crippen LogP contribution < -0.4 is 5.32 Å². The molecule has 19 heavy (non-hydrogen) atoms. The minimum absolute atomic E-state index is 0.0117. The van der Waals surface area contributed by atoms with Gasteiger partial charge in [0.2, 0.25) is 5.91 Å². The molecule has 1 heterocycles. The summed E-state index contributed by atoms with van der Waals surface area (Å²) in [5, 5.41) is 12.8. The Bertz CT molecular complexity index is 404. The van der Waals surface area contributed by atoms with Gasteiger partial charge < -0.3 is 19.6 Å². The fourth-order valence-electron chi connectivity index (χ4n) is 2.19. The van der Waals surface area contributed by atoms with E-state index in [2.05, 4.69) is 5.32 Å². The van der Waals surface area contributed by atoms with Gasteiger partial charge in [0.05, 0.1) is 18.3 Å². The zero-order valence-corrected chi connectivity index (χ0v) is 11.3. The van der Waals surface area contributed by atoms with Crippen molar-refractivity contribution < 1.29 is 19.1 Å². The van der Waals surface area contributed by atoms with Gasteiger partial charge >= 0.3 is 0 Å². The first-order valence-corrected chi connectivity index (χ1v) is 6.75.